The van der Waals surface area contributed by atoms with E-state index in [2.05, 4.69) is 15.0 Å². The van der Waals surface area contributed by atoms with Crippen LogP contribution in [0.15, 0.2) is 22.2 Å². The van der Waals surface area contributed by atoms with Crippen LogP contribution in [0.4, 0.5) is 5.82 Å². The molecule has 0 amide bonds. The number of aliphatic hydroxyl groups is 3. The monoisotopic (exact) mass is 284 g/mol. The largest absolute Gasteiger partial charge is 0.393 e. The van der Waals surface area contributed by atoms with Crippen LogP contribution in [0.1, 0.15) is 6.23 Å². The maximum atomic E-state index is 11.7. The molecule has 108 valence electrons. The van der Waals surface area contributed by atoms with Gasteiger partial charge in [0.15, 0.2) is 6.23 Å². The molecule has 11 nitrogen and oxygen atoms in total. The van der Waals surface area contributed by atoms with Gasteiger partial charge in [0.05, 0.1) is 6.61 Å². The summed E-state index contributed by atoms with van der Waals surface area (Å²) < 4.78 is 6.05. The van der Waals surface area contributed by atoms with E-state index in [9.17, 15) is 20.1 Å². The summed E-state index contributed by atoms with van der Waals surface area (Å²) in [4.78, 5) is 17.6. The molecule has 1 aliphatic rings. The van der Waals surface area contributed by atoms with E-state index in [0.717, 1.165) is 4.57 Å². The number of hydrogen-bond donors (Lipinski definition) is 4. The molecule has 2 heterocycles. The molecule has 0 saturated carbocycles. The molecule has 1 aliphatic heterocycles. The van der Waals surface area contributed by atoms with Crippen molar-refractivity contribution in [2.45, 2.75) is 24.2 Å². The Hall–Kier alpha value is -2.17. The standard InChI is InChI=1S/C9H12N6O5/c10-4-1-2-15(8(19)12-4)7-5(17)6(18)9(3-16,20-7)13-14-11/h1-2,5-7,16-18H,3H2,(H2,10,12,19)/t5?,6?,7-,9?/m1/s1. The lowest BCUT2D eigenvalue weighted by atomic mass is 10.1. The highest BCUT2D eigenvalue weighted by Gasteiger charge is 2.54. The number of azide groups is 1. The quantitative estimate of drug-likeness (QED) is 0.283. The Morgan fingerprint density at radius 2 is 2.35 bits per heavy atom. The number of anilines is 1. The normalized spacial score (nSPS) is 32.9. The van der Waals surface area contributed by atoms with E-state index in [4.69, 9.17) is 16.0 Å². The average Bonchev–Trinajstić information content (AvgIpc) is 2.65. The van der Waals surface area contributed by atoms with Gasteiger partial charge in [0.2, 0.25) is 5.72 Å². The molecule has 11 heteroatoms. The Kier molecular flexibility index (Phi) is 3.61. The molecule has 3 unspecified atom stereocenters. The lowest BCUT2D eigenvalue weighted by molar-refractivity contribution is -0.125. The van der Waals surface area contributed by atoms with Gasteiger partial charge >= 0.3 is 5.69 Å². The maximum absolute atomic E-state index is 11.7. The molecule has 2 rings (SSSR count). The van der Waals surface area contributed by atoms with E-state index < -0.39 is 36.5 Å². The van der Waals surface area contributed by atoms with Crippen LogP contribution in [0.25, 0.3) is 10.4 Å². The van der Waals surface area contributed by atoms with E-state index >= 15 is 0 Å². The minimum atomic E-state index is -2.07. The van der Waals surface area contributed by atoms with Gasteiger partial charge in [0, 0.05) is 11.1 Å². The highest BCUT2D eigenvalue weighted by Crippen LogP contribution is 2.37. The van der Waals surface area contributed by atoms with E-state index in [1.165, 1.54) is 12.3 Å². The lowest BCUT2D eigenvalue weighted by Crippen LogP contribution is -2.44. The fourth-order valence-corrected chi connectivity index (χ4v) is 1.93. The van der Waals surface area contributed by atoms with Crippen LogP contribution in [0.2, 0.25) is 0 Å². The van der Waals surface area contributed by atoms with Crippen molar-refractivity contribution >= 4 is 5.82 Å². The predicted octanol–water partition coefficient (Wildman–Crippen LogP) is -1.92. The summed E-state index contributed by atoms with van der Waals surface area (Å²) in [7, 11) is 0. The second kappa shape index (κ2) is 5.07. The summed E-state index contributed by atoms with van der Waals surface area (Å²) in [6.07, 6.45) is -3.48. The summed E-state index contributed by atoms with van der Waals surface area (Å²) in [5, 5.41) is 32.2. The average molecular weight is 284 g/mol. The number of nitrogens with zero attached hydrogens (tertiary/aromatic N) is 5. The molecule has 1 fully saturated rings. The number of aromatic nitrogens is 2. The molecule has 0 aromatic carbocycles. The zero-order valence-electron chi connectivity index (χ0n) is 10.1. The Bertz CT molecular complexity index is 613. The van der Waals surface area contributed by atoms with E-state index in [1.54, 1.807) is 0 Å². The summed E-state index contributed by atoms with van der Waals surface area (Å²) in [6.45, 7) is -0.872. The van der Waals surface area contributed by atoms with E-state index in [1.807, 2.05) is 0 Å². The number of rotatable bonds is 3. The van der Waals surface area contributed by atoms with Gasteiger partial charge in [-0.05, 0) is 11.6 Å². The first-order valence-corrected chi connectivity index (χ1v) is 5.51. The Balaban J connectivity index is 2.45. The number of aliphatic hydroxyl groups excluding tert-OH is 3. The smallest absolute Gasteiger partial charge is 0.351 e. The van der Waals surface area contributed by atoms with Gasteiger partial charge in [-0.1, -0.05) is 5.11 Å². The third kappa shape index (κ3) is 2.09. The first kappa shape index (κ1) is 14.2. The van der Waals surface area contributed by atoms with Crippen molar-refractivity contribution in [3.63, 3.8) is 0 Å². The van der Waals surface area contributed by atoms with Gasteiger partial charge in [-0.15, -0.1) is 0 Å². The highest BCUT2D eigenvalue weighted by molar-refractivity contribution is 5.23. The van der Waals surface area contributed by atoms with Gasteiger partial charge in [0.25, 0.3) is 0 Å². The first-order valence-electron chi connectivity index (χ1n) is 5.51. The fraction of sp³-hybridized carbons (Fsp3) is 0.556. The van der Waals surface area contributed by atoms with Crippen LogP contribution in [-0.2, 0) is 4.74 Å². The summed E-state index contributed by atoms with van der Waals surface area (Å²) in [6, 6.07) is 1.29. The van der Waals surface area contributed by atoms with Gasteiger partial charge in [0.1, 0.15) is 18.0 Å². The molecule has 20 heavy (non-hydrogen) atoms. The van der Waals surface area contributed by atoms with Crippen LogP contribution >= 0.6 is 0 Å². The molecule has 0 spiro atoms. The van der Waals surface area contributed by atoms with Crippen LogP contribution < -0.4 is 11.4 Å². The first-order chi connectivity index (χ1) is 9.45. The molecule has 1 aromatic heterocycles. The predicted molar refractivity (Wildman–Crippen MR) is 64.0 cm³/mol. The molecular weight excluding hydrogens is 272 g/mol. The minimum absolute atomic E-state index is 0.0252. The summed E-state index contributed by atoms with van der Waals surface area (Å²) in [5.74, 6) is -0.0252. The third-order valence-electron chi connectivity index (χ3n) is 2.97. The summed E-state index contributed by atoms with van der Waals surface area (Å²) >= 11 is 0. The molecule has 4 atom stereocenters. The number of nitrogen functional groups attached to an aromatic ring is 1. The Morgan fingerprint density at radius 3 is 2.90 bits per heavy atom. The fourth-order valence-electron chi connectivity index (χ4n) is 1.93. The van der Waals surface area contributed by atoms with E-state index in [0.29, 0.717) is 0 Å². The van der Waals surface area contributed by atoms with Gasteiger partial charge in [-0.25, -0.2) is 4.79 Å². The van der Waals surface area contributed by atoms with Crippen molar-refractivity contribution in [1.29, 1.82) is 0 Å². The number of ether oxygens (including phenoxy) is 1. The molecule has 5 N–H and O–H groups in total. The zero-order chi connectivity index (χ0) is 14.9. The maximum Gasteiger partial charge on any atom is 0.351 e. The minimum Gasteiger partial charge on any atom is -0.393 e. The molecule has 1 saturated heterocycles. The van der Waals surface area contributed by atoms with Gasteiger partial charge in [-0.2, -0.15) is 4.98 Å². The SMILES string of the molecule is [N-]=[N+]=NC1(CO)O[C@@H](n2ccc(N)nc2=O)C(O)C1O. The van der Waals surface area contributed by atoms with E-state index in [-0.39, 0.29) is 5.82 Å². The zero-order valence-corrected chi connectivity index (χ0v) is 10.1. The second-order valence-corrected chi connectivity index (χ2v) is 4.18. The van der Waals surface area contributed by atoms with Crippen LogP contribution in [0, 0.1) is 0 Å². The Morgan fingerprint density at radius 1 is 1.65 bits per heavy atom. The molecular formula is C9H12N6O5. The van der Waals surface area contributed by atoms with Crippen molar-refractivity contribution in [3.05, 3.63) is 33.2 Å². The van der Waals surface area contributed by atoms with Crippen LogP contribution in [0.5, 0.6) is 0 Å². The topological polar surface area (TPSA) is 180 Å². The second-order valence-electron chi connectivity index (χ2n) is 4.18. The van der Waals surface area contributed by atoms with Crippen molar-refractivity contribution in [3.8, 4) is 0 Å². The van der Waals surface area contributed by atoms with Crippen molar-refractivity contribution < 1.29 is 20.1 Å². The molecule has 0 aliphatic carbocycles. The Labute approximate surface area is 111 Å². The van der Waals surface area contributed by atoms with Crippen molar-refractivity contribution in [1.82, 2.24) is 9.55 Å². The molecule has 1 aromatic rings. The van der Waals surface area contributed by atoms with Crippen molar-refractivity contribution in [2.24, 2.45) is 5.11 Å². The van der Waals surface area contributed by atoms with Crippen LogP contribution in [0.3, 0.4) is 0 Å². The highest BCUT2D eigenvalue weighted by atomic mass is 16.6. The number of hydrogen-bond acceptors (Lipinski definition) is 8. The third-order valence-corrected chi connectivity index (χ3v) is 2.97. The van der Waals surface area contributed by atoms with Crippen LogP contribution in [-0.4, -0.2) is 49.4 Å². The molecule has 0 radical (unpaired) electrons. The molecule has 0 bridgehead atoms. The van der Waals surface area contributed by atoms with Gasteiger partial charge < -0.3 is 25.8 Å². The van der Waals surface area contributed by atoms with Gasteiger partial charge in [-0.3, -0.25) is 4.57 Å². The number of nitrogens with two attached hydrogens (primary N) is 1. The summed E-state index contributed by atoms with van der Waals surface area (Å²) in [5.41, 5.74) is 10.9. The van der Waals surface area contributed by atoms with Crippen molar-refractivity contribution in [2.75, 3.05) is 12.3 Å². The lowest BCUT2D eigenvalue weighted by Gasteiger charge is -2.23.